The molecule has 1 aliphatic rings. The molecule has 0 saturated heterocycles. The zero-order valence-corrected chi connectivity index (χ0v) is 14.9. The molecule has 1 aromatic rings. The van der Waals surface area contributed by atoms with Crippen LogP contribution in [-0.4, -0.2) is 7.05 Å². The molecule has 0 unspecified atom stereocenters. The van der Waals surface area contributed by atoms with E-state index in [1.807, 2.05) is 7.05 Å². The zero-order chi connectivity index (χ0) is 16.7. The van der Waals surface area contributed by atoms with Crippen molar-refractivity contribution in [3.05, 3.63) is 65.9 Å². The molecule has 124 valence electrons. The lowest BCUT2D eigenvalue weighted by molar-refractivity contribution is 0.599. The summed E-state index contributed by atoms with van der Waals surface area (Å²) in [5.74, 6) is 1.35. The van der Waals surface area contributed by atoms with Crippen molar-refractivity contribution in [1.82, 2.24) is 5.32 Å². The van der Waals surface area contributed by atoms with E-state index >= 15 is 0 Å². The summed E-state index contributed by atoms with van der Waals surface area (Å²) in [5, 5.41) is 3.26. The smallest absolute Gasteiger partial charge is 0.00278 e. The Balaban J connectivity index is 2.34. The molecule has 0 aromatic heterocycles. The summed E-state index contributed by atoms with van der Waals surface area (Å²) in [4.78, 5) is 0. The van der Waals surface area contributed by atoms with E-state index in [1.54, 1.807) is 0 Å². The van der Waals surface area contributed by atoms with Crippen molar-refractivity contribution in [2.24, 2.45) is 11.8 Å². The highest BCUT2D eigenvalue weighted by Gasteiger charge is 2.22. The Kier molecular flexibility index (Phi) is 6.70. The number of allylic oxidation sites excluding steroid dienone is 4. The first kappa shape index (κ1) is 17.6. The van der Waals surface area contributed by atoms with Crippen molar-refractivity contribution in [2.75, 3.05) is 7.05 Å². The Hall–Kier alpha value is -1.76. The van der Waals surface area contributed by atoms with E-state index in [2.05, 4.69) is 68.4 Å². The second-order valence-corrected chi connectivity index (χ2v) is 7.03. The molecule has 0 bridgehead atoms. The van der Waals surface area contributed by atoms with Gasteiger partial charge in [0.05, 0.1) is 0 Å². The first-order valence-electron chi connectivity index (χ1n) is 8.94. The van der Waals surface area contributed by atoms with Gasteiger partial charge in [-0.25, -0.2) is 0 Å². The van der Waals surface area contributed by atoms with Gasteiger partial charge in [-0.1, -0.05) is 69.7 Å². The van der Waals surface area contributed by atoms with Crippen molar-refractivity contribution in [3.63, 3.8) is 0 Å². The fraction of sp³-hybridized carbons (Fsp3) is 0.455. The van der Waals surface area contributed by atoms with Crippen LogP contribution in [0.5, 0.6) is 0 Å². The fourth-order valence-electron chi connectivity index (χ4n) is 3.51. The first-order chi connectivity index (χ1) is 11.1. The van der Waals surface area contributed by atoms with Gasteiger partial charge >= 0.3 is 0 Å². The van der Waals surface area contributed by atoms with Crippen molar-refractivity contribution >= 4 is 5.57 Å². The quantitative estimate of drug-likeness (QED) is 0.612. The number of hydrogen-bond acceptors (Lipinski definition) is 1. The molecule has 1 saturated carbocycles. The zero-order valence-electron chi connectivity index (χ0n) is 14.9. The summed E-state index contributed by atoms with van der Waals surface area (Å²) in [6, 6.07) is 10.5. The lowest BCUT2D eigenvalue weighted by Gasteiger charge is -2.21. The van der Waals surface area contributed by atoms with Crippen LogP contribution in [0.4, 0.5) is 0 Å². The van der Waals surface area contributed by atoms with Gasteiger partial charge in [-0.05, 0) is 59.6 Å². The monoisotopic (exact) mass is 309 g/mol. The van der Waals surface area contributed by atoms with Crippen molar-refractivity contribution < 1.29 is 0 Å². The van der Waals surface area contributed by atoms with Gasteiger partial charge < -0.3 is 5.32 Å². The van der Waals surface area contributed by atoms with E-state index in [0.29, 0.717) is 11.8 Å². The van der Waals surface area contributed by atoms with Gasteiger partial charge in [-0.2, -0.15) is 0 Å². The Bertz CT molecular complexity index is 557. The molecule has 1 aliphatic carbocycles. The lowest BCUT2D eigenvalue weighted by atomic mass is 9.85. The lowest BCUT2D eigenvalue weighted by Crippen LogP contribution is -2.08. The third-order valence-corrected chi connectivity index (χ3v) is 4.59. The van der Waals surface area contributed by atoms with Crippen LogP contribution in [0.1, 0.15) is 51.5 Å². The van der Waals surface area contributed by atoms with Gasteiger partial charge in [0.2, 0.25) is 0 Å². The van der Waals surface area contributed by atoms with Gasteiger partial charge in [0, 0.05) is 7.05 Å². The highest BCUT2D eigenvalue weighted by molar-refractivity contribution is 5.73. The molecule has 0 amide bonds. The molecule has 2 rings (SSSR count). The van der Waals surface area contributed by atoms with Crippen molar-refractivity contribution in [2.45, 2.75) is 46.0 Å². The third-order valence-electron chi connectivity index (χ3n) is 4.59. The van der Waals surface area contributed by atoms with Crippen LogP contribution < -0.4 is 5.32 Å². The molecular weight excluding hydrogens is 278 g/mol. The normalized spacial score (nSPS) is 16.9. The molecule has 1 heteroatoms. The number of nitrogens with one attached hydrogen (secondary N) is 1. The molecule has 0 heterocycles. The predicted molar refractivity (Wildman–Crippen MR) is 102 cm³/mol. The summed E-state index contributed by atoms with van der Waals surface area (Å²) >= 11 is 0. The molecule has 1 aromatic carbocycles. The Morgan fingerprint density at radius 3 is 2.43 bits per heavy atom. The summed E-state index contributed by atoms with van der Waals surface area (Å²) in [6.07, 6.45) is 11.0. The van der Waals surface area contributed by atoms with E-state index in [0.717, 1.165) is 12.0 Å². The van der Waals surface area contributed by atoms with E-state index in [4.69, 9.17) is 0 Å². The highest BCUT2D eigenvalue weighted by Crippen LogP contribution is 2.38. The molecule has 1 nitrogen and oxygen atoms in total. The molecule has 1 N–H and O–H groups in total. The van der Waals surface area contributed by atoms with Crippen LogP contribution in [0.15, 0.2) is 60.3 Å². The van der Waals surface area contributed by atoms with Crippen LogP contribution >= 0.6 is 0 Å². The summed E-state index contributed by atoms with van der Waals surface area (Å²) in [5.41, 5.74) is 5.29. The van der Waals surface area contributed by atoms with E-state index in [9.17, 15) is 0 Å². The molecule has 1 fully saturated rings. The summed E-state index contributed by atoms with van der Waals surface area (Å²) < 4.78 is 0. The summed E-state index contributed by atoms with van der Waals surface area (Å²) in [7, 11) is 2.00. The van der Waals surface area contributed by atoms with Crippen LogP contribution in [0.2, 0.25) is 0 Å². The largest absolute Gasteiger partial charge is 0.394 e. The second kappa shape index (κ2) is 8.76. The maximum Gasteiger partial charge on any atom is 0.00278 e. The number of rotatable bonds is 7. The Labute approximate surface area is 142 Å². The van der Waals surface area contributed by atoms with Crippen molar-refractivity contribution in [3.8, 4) is 0 Å². The summed E-state index contributed by atoms with van der Waals surface area (Å²) in [6.45, 7) is 8.92. The molecule has 0 spiro atoms. The van der Waals surface area contributed by atoms with Crippen LogP contribution in [0.3, 0.4) is 0 Å². The van der Waals surface area contributed by atoms with Crippen LogP contribution in [-0.2, 0) is 0 Å². The molecular formula is C22H31N. The fourth-order valence-corrected chi connectivity index (χ4v) is 3.51. The Morgan fingerprint density at radius 2 is 1.87 bits per heavy atom. The highest BCUT2D eigenvalue weighted by atomic mass is 14.8. The SMILES string of the molecule is C=C(/C=C(\C(=C/NC)CC(C)C)C1CCCC1)c1ccccc1. The van der Waals surface area contributed by atoms with Gasteiger partial charge in [-0.3, -0.25) is 0 Å². The molecule has 0 aliphatic heterocycles. The van der Waals surface area contributed by atoms with E-state index in [-0.39, 0.29) is 0 Å². The predicted octanol–water partition coefficient (Wildman–Crippen LogP) is 5.97. The average Bonchev–Trinajstić information content (AvgIpc) is 3.06. The van der Waals surface area contributed by atoms with Gasteiger partial charge in [-0.15, -0.1) is 0 Å². The van der Waals surface area contributed by atoms with Crippen LogP contribution in [0.25, 0.3) is 5.57 Å². The average molecular weight is 309 g/mol. The topological polar surface area (TPSA) is 12.0 Å². The number of benzene rings is 1. The number of hydrogen-bond donors (Lipinski definition) is 1. The minimum atomic E-state index is 0.657. The van der Waals surface area contributed by atoms with Gasteiger partial charge in [0.15, 0.2) is 0 Å². The standard InChI is InChI=1S/C22H31N/c1-17(2)14-21(16-23-4)22(20-12-8-9-13-20)15-18(3)19-10-6-5-7-11-19/h5-7,10-11,15-17,20,23H,3,8-9,12-14H2,1-2,4H3/b21-16-,22-15-. The first-order valence-corrected chi connectivity index (χ1v) is 8.94. The van der Waals surface area contributed by atoms with Crippen LogP contribution in [0, 0.1) is 11.8 Å². The minimum absolute atomic E-state index is 0.657. The Morgan fingerprint density at radius 1 is 1.22 bits per heavy atom. The van der Waals surface area contributed by atoms with E-state index < -0.39 is 0 Å². The third kappa shape index (κ3) is 5.13. The maximum atomic E-state index is 4.33. The molecule has 0 radical (unpaired) electrons. The van der Waals surface area contributed by atoms with E-state index in [1.165, 1.54) is 42.4 Å². The maximum absolute atomic E-state index is 4.33. The minimum Gasteiger partial charge on any atom is -0.394 e. The molecule has 23 heavy (non-hydrogen) atoms. The van der Waals surface area contributed by atoms with Crippen molar-refractivity contribution in [1.29, 1.82) is 0 Å². The molecule has 0 atom stereocenters. The van der Waals surface area contributed by atoms with Gasteiger partial charge in [0.1, 0.15) is 0 Å². The second-order valence-electron chi connectivity index (χ2n) is 7.03. The van der Waals surface area contributed by atoms with Gasteiger partial charge in [0.25, 0.3) is 0 Å².